The van der Waals surface area contributed by atoms with E-state index in [0.29, 0.717) is 18.4 Å². The van der Waals surface area contributed by atoms with Gasteiger partial charge in [0.2, 0.25) is 5.91 Å². The fourth-order valence-corrected chi connectivity index (χ4v) is 4.62. The van der Waals surface area contributed by atoms with Gasteiger partial charge in [0.25, 0.3) is 0 Å². The molecule has 1 amide bonds. The fourth-order valence-electron chi connectivity index (χ4n) is 4.62. The molecule has 1 aliphatic heterocycles. The summed E-state index contributed by atoms with van der Waals surface area (Å²) in [6.45, 7) is 6.17. The van der Waals surface area contributed by atoms with Gasteiger partial charge in [-0.05, 0) is 25.7 Å². The Balaban J connectivity index is 1.81. The van der Waals surface area contributed by atoms with Crippen LogP contribution in [0.5, 0.6) is 0 Å². The second-order valence-corrected chi connectivity index (χ2v) is 8.32. The SMILES string of the molecule is CCCCCCCCCCN(C(=O)CC)C1(CC2CO2)CCCCC1. The number of hydrogen-bond acceptors (Lipinski definition) is 2. The summed E-state index contributed by atoms with van der Waals surface area (Å²) in [7, 11) is 0. The van der Waals surface area contributed by atoms with Gasteiger partial charge < -0.3 is 9.64 Å². The summed E-state index contributed by atoms with van der Waals surface area (Å²) in [4.78, 5) is 15.0. The summed E-state index contributed by atoms with van der Waals surface area (Å²) in [5.74, 6) is 0.366. The number of carbonyl (C=O) groups excluding carboxylic acids is 1. The van der Waals surface area contributed by atoms with Crippen molar-refractivity contribution in [2.45, 2.75) is 122 Å². The summed E-state index contributed by atoms with van der Waals surface area (Å²) in [6.07, 6.45) is 19.0. The van der Waals surface area contributed by atoms with Crippen molar-refractivity contribution in [3.05, 3.63) is 0 Å². The fraction of sp³-hybridized carbons (Fsp3) is 0.955. The summed E-state index contributed by atoms with van der Waals surface area (Å²) < 4.78 is 5.55. The van der Waals surface area contributed by atoms with Gasteiger partial charge in [-0.25, -0.2) is 0 Å². The van der Waals surface area contributed by atoms with Gasteiger partial charge in [0, 0.05) is 18.5 Å². The van der Waals surface area contributed by atoms with Crippen molar-refractivity contribution in [3.63, 3.8) is 0 Å². The van der Waals surface area contributed by atoms with Crippen LogP contribution >= 0.6 is 0 Å². The first-order valence-electron chi connectivity index (χ1n) is 11.1. The number of epoxide rings is 1. The molecule has 146 valence electrons. The standard InChI is InChI=1S/C22H41NO2/c1-3-5-6-7-8-9-10-14-17-23(21(24)4-2)22(18-20-19-25-20)15-12-11-13-16-22/h20H,3-19H2,1-2H3. The van der Waals surface area contributed by atoms with Gasteiger partial charge in [0.05, 0.1) is 12.7 Å². The molecule has 3 nitrogen and oxygen atoms in total. The van der Waals surface area contributed by atoms with Crippen LogP contribution in [-0.4, -0.2) is 35.6 Å². The zero-order chi connectivity index (χ0) is 18.0. The van der Waals surface area contributed by atoms with Crippen molar-refractivity contribution in [1.29, 1.82) is 0 Å². The zero-order valence-electron chi connectivity index (χ0n) is 16.9. The van der Waals surface area contributed by atoms with Crippen molar-refractivity contribution in [2.24, 2.45) is 0 Å². The highest BCUT2D eigenvalue weighted by molar-refractivity contribution is 5.76. The lowest BCUT2D eigenvalue weighted by Gasteiger charge is -2.47. The first kappa shape index (κ1) is 20.7. The molecule has 0 N–H and O–H groups in total. The Morgan fingerprint density at radius 3 is 2.12 bits per heavy atom. The maximum Gasteiger partial charge on any atom is 0.222 e. The van der Waals surface area contributed by atoms with Crippen molar-refractivity contribution in [3.8, 4) is 0 Å². The molecule has 0 aromatic rings. The van der Waals surface area contributed by atoms with Crippen LogP contribution < -0.4 is 0 Å². The molecule has 25 heavy (non-hydrogen) atoms. The third-order valence-electron chi connectivity index (χ3n) is 6.21. The molecule has 1 saturated carbocycles. The molecule has 3 heteroatoms. The molecule has 0 radical (unpaired) electrons. The van der Waals surface area contributed by atoms with Crippen LogP contribution in [0.3, 0.4) is 0 Å². The molecule has 2 aliphatic rings. The summed E-state index contributed by atoms with van der Waals surface area (Å²) in [6, 6.07) is 0. The molecular weight excluding hydrogens is 310 g/mol. The second-order valence-electron chi connectivity index (χ2n) is 8.32. The Kier molecular flexibility index (Phi) is 9.30. The number of nitrogens with zero attached hydrogens (tertiary/aromatic N) is 1. The molecule has 0 aromatic heterocycles. The van der Waals surface area contributed by atoms with Crippen LogP contribution in [0.1, 0.15) is 110 Å². The zero-order valence-corrected chi connectivity index (χ0v) is 16.9. The lowest BCUT2D eigenvalue weighted by atomic mass is 9.76. The molecular formula is C22H41NO2. The van der Waals surface area contributed by atoms with E-state index in [2.05, 4.69) is 11.8 Å². The van der Waals surface area contributed by atoms with Gasteiger partial charge in [-0.15, -0.1) is 0 Å². The number of hydrogen-bond donors (Lipinski definition) is 0. The molecule has 1 aliphatic carbocycles. The molecule has 2 fully saturated rings. The van der Waals surface area contributed by atoms with E-state index in [9.17, 15) is 4.79 Å². The summed E-state index contributed by atoms with van der Waals surface area (Å²) >= 11 is 0. The second kappa shape index (κ2) is 11.2. The molecule has 1 unspecified atom stereocenters. The maximum atomic E-state index is 12.7. The van der Waals surface area contributed by atoms with E-state index in [1.54, 1.807) is 0 Å². The lowest BCUT2D eigenvalue weighted by Crippen LogP contribution is -2.54. The third kappa shape index (κ3) is 6.92. The van der Waals surface area contributed by atoms with Crippen molar-refractivity contribution in [1.82, 2.24) is 4.90 Å². The number of carbonyl (C=O) groups is 1. The van der Waals surface area contributed by atoms with Crippen LogP contribution in [-0.2, 0) is 9.53 Å². The molecule has 0 aromatic carbocycles. The average molecular weight is 352 g/mol. The van der Waals surface area contributed by atoms with E-state index in [-0.39, 0.29) is 5.54 Å². The summed E-state index contributed by atoms with van der Waals surface area (Å²) in [5, 5.41) is 0. The monoisotopic (exact) mass is 351 g/mol. The van der Waals surface area contributed by atoms with E-state index >= 15 is 0 Å². The van der Waals surface area contributed by atoms with Crippen LogP contribution in [0.15, 0.2) is 0 Å². The average Bonchev–Trinajstić information content (AvgIpc) is 3.44. The number of ether oxygens (including phenoxy) is 1. The Bertz CT molecular complexity index is 372. The highest BCUT2D eigenvalue weighted by Crippen LogP contribution is 2.40. The minimum atomic E-state index is 0.105. The van der Waals surface area contributed by atoms with Crippen LogP contribution in [0.2, 0.25) is 0 Å². The number of unbranched alkanes of at least 4 members (excludes halogenated alkanes) is 7. The van der Waals surface area contributed by atoms with E-state index in [0.717, 1.165) is 19.6 Å². The van der Waals surface area contributed by atoms with Gasteiger partial charge in [0.1, 0.15) is 0 Å². The van der Waals surface area contributed by atoms with Gasteiger partial charge in [-0.3, -0.25) is 4.79 Å². The number of rotatable bonds is 13. The quantitative estimate of drug-likeness (QED) is 0.308. The van der Waals surface area contributed by atoms with Gasteiger partial charge in [0.15, 0.2) is 0 Å². The first-order chi connectivity index (χ1) is 12.2. The molecule has 2 rings (SSSR count). The van der Waals surface area contributed by atoms with E-state index in [1.165, 1.54) is 83.5 Å². The van der Waals surface area contributed by atoms with E-state index in [4.69, 9.17) is 4.74 Å². The smallest absolute Gasteiger partial charge is 0.222 e. The van der Waals surface area contributed by atoms with Gasteiger partial charge in [-0.1, -0.05) is 78.1 Å². The van der Waals surface area contributed by atoms with Crippen LogP contribution in [0.4, 0.5) is 0 Å². The molecule has 1 atom stereocenters. The highest BCUT2D eigenvalue weighted by atomic mass is 16.6. The first-order valence-corrected chi connectivity index (χ1v) is 11.1. The van der Waals surface area contributed by atoms with Crippen molar-refractivity contribution in [2.75, 3.05) is 13.2 Å². The Morgan fingerprint density at radius 2 is 1.56 bits per heavy atom. The summed E-state index contributed by atoms with van der Waals surface area (Å²) in [5.41, 5.74) is 0.105. The predicted octanol–water partition coefficient (Wildman–Crippen LogP) is 5.86. The largest absolute Gasteiger partial charge is 0.373 e. The Hall–Kier alpha value is -0.570. The predicted molar refractivity (Wildman–Crippen MR) is 105 cm³/mol. The molecule has 0 spiro atoms. The Morgan fingerprint density at radius 1 is 0.960 bits per heavy atom. The number of amides is 1. The van der Waals surface area contributed by atoms with Crippen molar-refractivity contribution >= 4 is 5.91 Å². The van der Waals surface area contributed by atoms with E-state index in [1.807, 2.05) is 6.92 Å². The molecule has 1 saturated heterocycles. The van der Waals surface area contributed by atoms with Gasteiger partial charge in [-0.2, -0.15) is 0 Å². The molecule has 1 heterocycles. The van der Waals surface area contributed by atoms with E-state index < -0.39 is 0 Å². The minimum absolute atomic E-state index is 0.105. The highest BCUT2D eigenvalue weighted by Gasteiger charge is 2.44. The lowest BCUT2D eigenvalue weighted by molar-refractivity contribution is -0.139. The Labute approximate surface area is 155 Å². The third-order valence-corrected chi connectivity index (χ3v) is 6.21. The molecule has 0 bridgehead atoms. The van der Waals surface area contributed by atoms with Crippen LogP contribution in [0, 0.1) is 0 Å². The van der Waals surface area contributed by atoms with Crippen molar-refractivity contribution < 1.29 is 9.53 Å². The topological polar surface area (TPSA) is 32.8 Å². The van der Waals surface area contributed by atoms with Crippen LogP contribution in [0.25, 0.3) is 0 Å². The maximum absolute atomic E-state index is 12.7. The normalized spacial score (nSPS) is 21.9. The minimum Gasteiger partial charge on any atom is -0.373 e. The van der Waals surface area contributed by atoms with Gasteiger partial charge >= 0.3 is 0 Å².